The molecule has 0 heterocycles. The molecule has 0 aliphatic carbocycles. The second kappa shape index (κ2) is 7.46. The third kappa shape index (κ3) is 4.01. The minimum absolute atomic E-state index is 0.00161. The summed E-state index contributed by atoms with van der Waals surface area (Å²) < 4.78 is 24.0. The predicted octanol–water partition coefficient (Wildman–Crippen LogP) is 1.56. The second-order valence-electron chi connectivity index (χ2n) is 4.66. The molecule has 0 aromatic heterocycles. The summed E-state index contributed by atoms with van der Waals surface area (Å²) >= 11 is 5.61. The minimum Gasteiger partial charge on any atom is -0.493 e. The zero-order valence-corrected chi connectivity index (χ0v) is 12.9. The maximum Gasteiger partial charge on any atom is 0.489 e. The fourth-order valence-corrected chi connectivity index (χ4v) is 2.10. The third-order valence-corrected chi connectivity index (χ3v) is 3.46. The van der Waals surface area contributed by atoms with Crippen LogP contribution in [-0.4, -0.2) is 30.6 Å². The number of methoxy groups -OCH3 is 1. The Labute approximate surface area is 137 Å². The molecule has 2 aromatic carbocycles. The molecule has 0 bridgehead atoms. The zero-order chi connectivity index (χ0) is 17.0. The minimum atomic E-state index is -1.82. The third-order valence-electron chi connectivity index (χ3n) is 3.15. The number of hydrogen-bond donors (Lipinski definition) is 2. The van der Waals surface area contributed by atoms with Gasteiger partial charge in [0.1, 0.15) is 18.7 Å². The maximum absolute atomic E-state index is 13.4. The molecule has 0 unspecified atom stereocenters. The average Bonchev–Trinajstić information content (AvgIpc) is 2.54. The Kier molecular flexibility index (Phi) is 5.60. The van der Waals surface area contributed by atoms with Crippen molar-refractivity contribution >= 4 is 30.5 Å². The Hall–Kier alpha value is -2.09. The highest BCUT2D eigenvalue weighted by molar-refractivity contribution is 6.60. The number of rotatable bonds is 6. The lowest BCUT2D eigenvalue weighted by Gasteiger charge is -2.14. The van der Waals surface area contributed by atoms with Crippen LogP contribution in [0, 0.1) is 5.82 Å². The summed E-state index contributed by atoms with van der Waals surface area (Å²) in [6.45, 7) is 0.0176. The van der Waals surface area contributed by atoms with Gasteiger partial charge in [-0.05, 0) is 35.3 Å². The van der Waals surface area contributed by atoms with E-state index >= 15 is 0 Å². The van der Waals surface area contributed by atoms with Crippen LogP contribution >= 0.6 is 11.6 Å². The summed E-state index contributed by atoms with van der Waals surface area (Å²) in [5, 5.41) is 18.5. The Morgan fingerprint density at radius 2 is 2.00 bits per heavy atom. The second-order valence-corrected chi connectivity index (χ2v) is 5.07. The molecule has 0 atom stereocenters. The summed E-state index contributed by atoms with van der Waals surface area (Å²) in [7, 11) is -0.443. The maximum atomic E-state index is 13.4. The van der Waals surface area contributed by atoms with Crippen LogP contribution in [0.2, 0.25) is 5.02 Å². The number of ether oxygens (including phenoxy) is 2. The molecule has 8 heteroatoms. The van der Waals surface area contributed by atoms with Crippen LogP contribution in [0.1, 0.15) is 15.9 Å². The van der Waals surface area contributed by atoms with Crippen LogP contribution in [0.3, 0.4) is 0 Å². The number of hydrogen-bond acceptors (Lipinski definition) is 5. The van der Waals surface area contributed by atoms with E-state index in [1.165, 1.54) is 31.4 Å². The van der Waals surface area contributed by atoms with Gasteiger partial charge >= 0.3 is 7.12 Å². The van der Waals surface area contributed by atoms with Crippen molar-refractivity contribution in [2.24, 2.45) is 0 Å². The molecular formula is C15H13BClFO5. The van der Waals surface area contributed by atoms with E-state index in [0.29, 0.717) is 11.8 Å². The fraction of sp³-hybridized carbons (Fsp3) is 0.133. The summed E-state index contributed by atoms with van der Waals surface area (Å²) in [6.07, 6.45) is 0.475. The molecule has 0 amide bonds. The van der Waals surface area contributed by atoms with Gasteiger partial charge in [-0.25, -0.2) is 4.39 Å². The van der Waals surface area contributed by atoms with Crippen molar-refractivity contribution in [3.8, 4) is 11.5 Å². The van der Waals surface area contributed by atoms with Crippen molar-refractivity contribution in [1.82, 2.24) is 0 Å². The van der Waals surface area contributed by atoms with E-state index < -0.39 is 12.9 Å². The van der Waals surface area contributed by atoms with Gasteiger partial charge in [-0.1, -0.05) is 17.7 Å². The molecule has 5 nitrogen and oxygen atoms in total. The van der Waals surface area contributed by atoms with E-state index in [2.05, 4.69) is 0 Å². The topological polar surface area (TPSA) is 76.0 Å². The molecule has 23 heavy (non-hydrogen) atoms. The van der Waals surface area contributed by atoms with Gasteiger partial charge in [0.15, 0.2) is 11.5 Å². The lowest BCUT2D eigenvalue weighted by Crippen LogP contribution is -2.33. The smallest absolute Gasteiger partial charge is 0.489 e. The highest BCUT2D eigenvalue weighted by Crippen LogP contribution is 2.28. The van der Waals surface area contributed by atoms with Crippen LogP contribution < -0.4 is 14.9 Å². The van der Waals surface area contributed by atoms with Gasteiger partial charge in [-0.15, -0.1) is 0 Å². The molecule has 0 spiro atoms. The summed E-state index contributed by atoms with van der Waals surface area (Å²) in [5.41, 5.74) is 0.590. The Morgan fingerprint density at radius 1 is 1.26 bits per heavy atom. The monoisotopic (exact) mass is 338 g/mol. The van der Waals surface area contributed by atoms with Crippen molar-refractivity contribution in [3.05, 3.63) is 52.3 Å². The van der Waals surface area contributed by atoms with Crippen molar-refractivity contribution < 1.29 is 28.7 Å². The van der Waals surface area contributed by atoms with E-state index in [0.717, 1.165) is 0 Å². The van der Waals surface area contributed by atoms with Crippen LogP contribution in [0.25, 0.3) is 0 Å². The van der Waals surface area contributed by atoms with Crippen LogP contribution in [0.15, 0.2) is 30.3 Å². The molecular weight excluding hydrogens is 325 g/mol. The molecule has 0 saturated heterocycles. The molecule has 0 radical (unpaired) electrons. The largest absolute Gasteiger partial charge is 0.493 e. The molecule has 0 saturated carbocycles. The number of aldehydes is 1. The lowest BCUT2D eigenvalue weighted by molar-refractivity contribution is 0.112. The lowest BCUT2D eigenvalue weighted by atomic mass is 9.77. The van der Waals surface area contributed by atoms with Crippen LogP contribution in [0.5, 0.6) is 11.5 Å². The van der Waals surface area contributed by atoms with E-state index in [9.17, 15) is 19.2 Å². The average molecular weight is 339 g/mol. The fourth-order valence-electron chi connectivity index (χ4n) is 1.98. The van der Waals surface area contributed by atoms with Gasteiger partial charge in [0.2, 0.25) is 0 Å². The van der Waals surface area contributed by atoms with Crippen molar-refractivity contribution in [1.29, 1.82) is 0 Å². The quantitative estimate of drug-likeness (QED) is 0.617. The van der Waals surface area contributed by atoms with E-state index in [-0.39, 0.29) is 34.2 Å². The normalized spacial score (nSPS) is 10.3. The number of benzene rings is 2. The first kappa shape index (κ1) is 17.3. The summed E-state index contributed by atoms with van der Waals surface area (Å²) in [5.74, 6) is -0.130. The van der Waals surface area contributed by atoms with Gasteiger partial charge in [-0.3, -0.25) is 4.79 Å². The standard InChI is InChI=1S/C15H13BClFO5/c1-22-14-6-11(16(20)21)10(7-19)5-15(14)23-8-9-2-3-12(17)13(18)4-9/h2-7,20-21H,8H2,1H3. The van der Waals surface area contributed by atoms with E-state index in [1.807, 2.05) is 0 Å². The van der Waals surface area contributed by atoms with Gasteiger partial charge < -0.3 is 19.5 Å². The van der Waals surface area contributed by atoms with Crippen molar-refractivity contribution in [2.75, 3.05) is 7.11 Å². The zero-order valence-electron chi connectivity index (χ0n) is 12.1. The molecule has 120 valence electrons. The van der Waals surface area contributed by atoms with Crippen LogP contribution in [-0.2, 0) is 6.61 Å². The molecule has 2 N–H and O–H groups in total. The van der Waals surface area contributed by atoms with Gasteiger partial charge in [0, 0.05) is 5.56 Å². The van der Waals surface area contributed by atoms with Crippen molar-refractivity contribution in [3.63, 3.8) is 0 Å². The van der Waals surface area contributed by atoms with Gasteiger partial charge in [0.25, 0.3) is 0 Å². The first-order valence-electron chi connectivity index (χ1n) is 6.56. The van der Waals surface area contributed by atoms with Gasteiger partial charge in [0.05, 0.1) is 12.1 Å². The molecule has 0 aliphatic heterocycles. The highest BCUT2D eigenvalue weighted by atomic mass is 35.5. The highest BCUT2D eigenvalue weighted by Gasteiger charge is 2.20. The Morgan fingerprint density at radius 3 is 2.57 bits per heavy atom. The van der Waals surface area contributed by atoms with Gasteiger partial charge in [-0.2, -0.15) is 0 Å². The molecule has 2 rings (SSSR count). The molecule has 2 aromatic rings. The first-order valence-corrected chi connectivity index (χ1v) is 6.94. The molecule has 0 fully saturated rings. The van der Waals surface area contributed by atoms with E-state index in [1.54, 1.807) is 6.07 Å². The number of carbonyl (C=O) groups is 1. The Bertz CT molecular complexity index is 723. The van der Waals surface area contributed by atoms with Crippen LogP contribution in [0.4, 0.5) is 4.39 Å². The number of carbonyl (C=O) groups excluding carboxylic acids is 1. The van der Waals surface area contributed by atoms with E-state index in [4.69, 9.17) is 21.1 Å². The summed E-state index contributed by atoms with van der Waals surface area (Å²) in [4.78, 5) is 11.1. The first-order chi connectivity index (χ1) is 11.0. The molecule has 0 aliphatic rings. The van der Waals surface area contributed by atoms with Crippen molar-refractivity contribution in [2.45, 2.75) is 6.61 Å². The Balaban J connectivity index is 2.27. The SMILES string of the molecule is COc1cc(B(O)O)c(C=O)cc1OCc1ccc(Cl)c(F)c1. The summed E-state index contributed by atoms with van der Waals surface area (Å²) in [6, 6.07) is 6.87. The number of halogens is 2. The predicted molar refractivity (Wildman–Crippen MR) is 83.9 cm³/mol.